The molecule has 3 heterocycles. The van der Waals surface area contributed by atoms with Gasteiger partial charge in [-0.3, -0.25) is 23.9 Å². The Kier molecular flexibility index (Phi) is 6.05. The molecule has 1 saturated heterocycles. The maximum Gasteiger partial charge on any atom is 0.308 e. The van der Waals surface area contributed by atoms with Crippen molar-refractivity contribution in [1.82, 2.24) is 4.57 Å². The number of carbonyl (C=O) groups excluding carboxylic acids is 2. The minimum atomic E-state index is -0.343. The fourth-order valence-corrected chi connectivity index (χ4v) is 11.3. The molecule has 0 radical (unpaired) electrons. The van der Waals surface area contributed by atoms with Gasteiger partial charge >= 0.3 is 4.87 Å². The van der Waals surface area contributed by atoms with Crippen molar-refractivity contribution in [2.24, 2.45) is 29.6 Å². The van der Waals surface area contributed by atoms with E-state index >= 15 is 0 Å². The van der Waals surface area contributed by atoms with E-state index in [0.717, 1.165) is 27.5 Å². The highest BCUT2D eigenvalue weighted by Gasteiger charge is 2.69. The number of imide groups is 1. The number of thiazole rings is 1. The van der Waals surface area contributed by atoms with Gasteiger partial charge in [-0.05, 0) is 71.7 Å². The first-order valence-corrected chi connectivity index (χ1v) is 16.2. The molecule has 2 amide bonds. The number of anilines is 1. The van der Waals surface area contributed by atoms with Crippen LogP contribution in [0.3, 0.4) is 0 Å². The fraction of sp³-hybridized carbons (Fsp3) is 0.281. The molecule has 3 aromatic carbocycles. The highest BCUT2D eigenvalue weighted by Crippen LogP contribution is 2.69. The summed E-state index contributed by atoms with van der Waals surface area (Å²) in [5.74, 6) is -0.649. The monoisotopic (exact) mass is 618 g/mol. The number of benzene rings is 3. The fourth-order valence-electron chi connectivity index (χ4n) is 7.91. The first-order chi connectivity index (χ1) is 19.9. The van der Waals surface area contributed by atoms with Gasteiger partial charge in [0.05, 0.1) is 29.1 Å². The summed E-state index contributed by atoms with van der Waals surface area (Å²) in [6, 6.07) is 24.9. The largest absolute Gasteiger partial charge is 0.308 e. The number of fused-ring (bicyclic) bond motifs is 9. The van der Waals surface area contributed by atoms with Gasteiger partial charge in [0, 0.05) is 26.1 Å². The third kappa shape index (κ3) is 3.86. The molecule has 7 atom stereocenters. The lowest BCUT2D eigenvalue weighted by Crippen LogP contribution is -2.43. The molecule has 2 saturated carbocycles. The van der Waals surface area contributed by atoms with E-state index < -0.39 is 0 Å². The van der Waals surface area contributed by atoms with Crippen molar-refractivity contribution in [2.45, 2.75) is 29.2 Å². The lowest BCUT2D eigenvalue weighted by Gasteiger charge is -2.43. The third-order valence-corrected chi connectivity index (χ3v) is 12.7. The van der Waals surface area contributed by atoms with Crippen LogP contribution in [0.4, 0.5) is 5.69 Å². The van der Waals surface area contributed by atoms with Crippen LogP contribution in [0, 0.1) is 29.6 Å². The number of amides is 2. The zero-order chi connectivity index (χ0) is 28.0. The van der Waals surface area contributed by atoms with Crippen LogP contribution in [0.5, 0.6) is 0 Å². The van der Waals surface area contributed by atoms with Gasteiger partial charge in [0.25, 0.3) is 0 Å². The number of aromatic nitrogens is 1. The van der Waals surface area contributed by atoms with Gasteiger partial charge in [0.15, 0.2) is 0 Å². The Morgan fingerprint density at radius 1 is 0.780 bits per heavy atom. The molecular formula is C32H24Cl2N2O3S2. The molecule has 0 unspecified atom stereocenters. The van der Waals surface area contributed by atoms with E-state index in [9.17, 15) is 14.4 Å². The van der Waals surface area contributed by atoms with Crippen LogP contribution in [-0.2, 0) is 16.1 Å². The maximum atomic E-state index is 13.9. The van der Waals surface area contributed by atoms with E-state index in [4.69, 9.17) is 23.2 Å². The Bertz CT molecular complexity index is 1750. The predicted molar refractivity (Wildman–Crippen MR) is 163 cm³/mol. The maximum absolute atomic E-state index is 13.9. The molecule has 2 aliphatic carbocycles. The second-order valence-electron chi connectivity index (χ2n) is 11.4. The average molecular weight is 620 g/mol. The van der Waals surface area contributed by atoms with Gasteiger partial charge < -0.3 is 0 Å². The molecule has 9 heteroatoms. The molecule has 2 bridgehead atoms. The molecule has 0 spiro atoms. The van der Waals surface area contributed by atoms with Crippen LogP contribution < -0.4 is 9.77 Å². The topological polar surface area (TPSA) is 59.4 Å². The van der Waals surface area contributed by atoms with Crippen LogP contribution in [-0.4, -0.2) is 21.6 Å². The molecule has 2 aliphatic heterocycles. The van der Waals surface area contributed by atoms with Gasteiger partial charge in [-0.25, -0.2) is 0 Å². The summed E-state index contributed by atoms with van der Waals surface area (Å²) in [6.45, 7) is 0.505. The van der Waals surface area contributed by atoms with Crippen molar-refractivity contribution in [2.75, 3.05) is 4.90 Å². The number of rotatable bonds is 4. The molecular weight excluding hydrogens is 595 g/mol. The summed E-state index contributed by atoms with van der Waals surface area (Å²) < 4.78 is 1.91. The minimum Gasteiger partial charge on any atom is -0.289 e. The van der Waals surface area contributed by atoms with E-state index in [1.165, 1.54) is 16.2 Å². The summed E-state index contributed by atoms with van der Waals surface area (Å²) in [6.07, 6.45) is 0.853. The smallest absolute Gasteiger partial charge is 0.289 e. The summed E-state index contributed by atoms with van der Waals surface area (Å²) in [5, 5.41) is 2.36. The first-order valence-electron chi connectivity index (χ1n) is 13.7. The summed E-state index contributed by atoms with van der Waals surface area (Å²) in [4.78, 5) is 43.8. The molecule has 206 valence electrons. The minimum absolute atomic E-state index is 0.0268. The van der Waals surface area contributed by atoms with Crippen molar-refractivity contribution >= 4 is 63.8 Å². The van der Waals surface area contributed by atoms with Crippen molar-refractivity contribution in [3.63, 3.8) is 0 Å². The van der Waals surface area contributed by atoms with E-state index in [2.05, 4.69) is 12.1 Å². The number of hydrogen-bond acceptors (Lipinski definition) is 5. The Balaban J connectivity index is 1.23. The normalized spacial score (nSPS) is 29.5. The van der Waals surface area contributed by atoms with Crippen LogP contribution in [0.15, 0.2) is 88.7 Å². The van der Waals surface area contributed by atoms with Gasteiger partial charge in [0.1, 0.15) is 0 Å². The van der Waals surface area contributed by atoms with E-state index in [1.807, 2.05) is 47.0 Å². The molecule has 8 rings (SSSR count). The Labute approximate surface area is 255 Å². The molecule has 41 heavy (non-hydrogen) atoms. The molecule has 3 fully saturated rings. The lowest BCUT2D eigenvalue weighted by molar-refractivity contribution is -0.123. The Morgan fingerprint density at radius 3 is 2.10 bits per heavy atom. The highest BCUT2D eigenvalue weighted by molar-refractivity contribution is 8.00. The zero-order valence-electron chi connectivity index (χ0n) is 21.7. The zero-order valence-corrected chi connectivity index (χ0v) is 24.8. The summed E-state index contributed by atoms with van der Waals surface area (Å²) in [7, 11) is 0. The Morgan fingerprint density at radius 2 is 1.41 bits per heavy atom. The predicted octanol–water partition coefficient (Wildman–Crippen LogP) is 6.94. The SMILES string of the molecule is O=C1[C@H]2[C@H]3C[C@@H]([C@@H]2C(=O)N1c1ccc(Cl)cc1)[C@@H]1[C@H](c2ccc(Cl)cc2)c2sc(=O)n(Cc4ccccc4)c2S[C@H]31. The lowest BCUT2D eigenvalue weighted by atomic mass is 9.68. The van der Waals surface area contributed by atoms with Crippen molar-refractivity contribution in [3.8, 4) is 0 Å². The van der Waals surface area contributed by atoms with Crippen LogP contribution in [0.1, 0.15) is 28.3 Å². The summed E-state index contributed by atoms with van der Waals surface area (Å²) in [5.41, 5.74) is 2.76. The Hall–Kier alpha value is -2.84. The van der Waals surface area contributed by atoms with Gasteiger partial charge in [0.2, 0.25) is 11.8 Å². The number of thioether (sulfide) groups is 1. The van der Waals surface area contributed by atoms with Crippen molar-refractivity contribution in [1.29, 1.82) is 0 Å². The first kappa shape index (κ1) is 25.8. The van der Waals surface area contributed by atoms with Crippen LogP contribution in [0.2, 0.25) is 10.0 Å². The molecule has 0 N–H and O–H groups in total. The van der Waals surface area contributed by atoms with E-state index in [-0.39, 0.29) is 57.4 Å². The highest BCUT2D eigenvalue weighted by atomic mass is 35.5. The van der Waals surface area contributed by atoms with Crippen LogP contribution in [0.25, 0.3) is 0 Å². The summed E-state index contributed by atoms with van der Waals surface area (Å²) >= 11 is 15.5. The van der Waals surface area contributed by atoms with Gasteiger partial charge in [-0.2, -0.15) is 0 Å². The standard InChI is InChI=1S/C32H24Cl2N2O3S2/c33-18-8-6-17(7-9-18)23-24-21-14-22(26-25(21)29(37)36(30(26)38)20-12-10-19(34)11-13-20)27(24)40-31-28(23)41-32(39)35(31)15-16-4-2-1-3-5-16/h1-13,21-27H,14-15H2/t21-,22-,23+,24-,25+,26+,27-/m1/s1. The number of halogens is 2. The van der Waals surface area contributed by atoms with E-state index in [0.29, 0.717) is 22.3 Å². The molecule has 5 nitrogen and oxygen atoms in total. The molecule has 4 aliphatic rings. The average Bonchev–Trinajstić information content (AvgIpc) is 3.69. The second kappa shape index (κ2) is 9.60. The number of nitrogens with zero attached hydrogens (tertiary/aromatic N) is 2. The van der Waals surface area contributed by atoms with Crippen molar-refractivity contribution < 1.29 is 9.59 Å². The molecule has 1 aromatic heterocycles. The number of carbonyl (C=O) groups is 2. The van der Waals surface area contributed by atoms with Gasteiger partial charge in [-0.1, -0.05) is 77.0 Å². The second-order valence-corrected chi connectivity index (χ2v) is 14.4. The van der Waals surface area contributed by atoms with Gasteiger partial charge in [-0.15, -0.1) is 11.8 Å². The van der Waals surface area contributed by atoms with Crippen LogP contribution >= 0.6 is 46.3 Å². The third-order valence-electron chi connectivity index (χ3n) is 9.45. The molecule has 4 aromatic rings. The quantitative estimate of drug-likeness (QED) is 0.232. The van der Waals surface area contributed by atoms with E-state index in [1.54, 1.807) is 36.0 Å². The number of hydrogen-bond donors (Lipinski definition) is 0. The van der Waals surface area contributed by atoms with Crippen molar-refractivity contribution in [3.05, 3.63) is 115 Å².